The van der Waals surface area contributed by atoms with Gasteiger partial charge < -0.3 is 14.8 Å². The third kappa shape index (κ3) is 4.92. The van der Waals surface area contributed by atoms with Crippen molar-refractivity contribution in [1.29, 1.82) is 0 Å². The molecule has 0 fully saturated rings. The number of nitrogens with one attached hydrogen (secondary N) is 1. The van der Waals surface area contributed by atoms with Gasteiger partial charge in [-0.2, -0.15) is 0 Å². The highest BCUT2D eigenvalue weighted by atomic mass is 16.5. The number of ether oxygens (including phenoxy) is 2. The van der Waals surface area contributed by atoms with Crippen LogP contribution in [0, 0.1) is 13.8 Å². The molecule has 0 saturated heterocycles. The van der Waals surface area contributed by atoms with E-state index in [1.54, 1.807) is 66.7 Å². The average Bonchev–Trinajstić information content (AvgIpc) is 3.11. The number of imide groups is 1. The fourth-order valence-electron chi connectivity index (χ4n) is 4.07. The summed E-state index contributed by atoms with van der Waals surface area (Å²) in [5.74, 6) is 1.18. The summed E-state index contributed by atoms with van der Waals surface area (Å²) in [7, 11) is 0. The summed E-state index contributed by atoms with van der Waals surface area (Å²) in [4.78, 5) is 38.7. The summed E-state index contributed by atoms with van der Waals surface area (Å²) in [6.45, 7) is 5.48. The Hall–Kier alpha value is -4.91. The number of anilines is 2. The van der Waals surface area contributed by atoms with Crippen LogP contribution < -0.4 is 19.7 Å². The van der Waals surface area contributed by atoms with Gasteiger partial charge in [-0.15, -0.1) is 0 Å². The first-order valence-electron chi connectivity index (χ1n) is 11.7. The first-order chi connectivity index (χ1) is 17.8. The van der Waals surface area contributed by atoms with Gasteiger partial charge >= 0.3 is 0 Å². The molecule has 1 N–H and O–H groups in total. The molecule has 4 aromatic rings. The topological polar surface area (TPSA) is 84.9 Å². The highest BCUT2D eigenvalue weighted by Gasteiger charge is 2.37. The number of carbonyl (C=O) groups excluding carboxylic acids is 3. The predicted octanol–water partition coefficient (Wildman–Crippen LogP) is 6.65. The zero-order valence-electron chi connectivity index (χ0n) is 20.6. The van der Waals surface area contributed by atoms with Crippen LogP contribution in [0.15, 0.2) is 84.9 Å². The first-order valence-corrected chi connectivity index (χ1v) is 11.7. The standard InChI is InChI=1S/C30H24N2O5/c1-18-7-10-25(15-19(18)2)36-23-11-8-22(9-12-23)32-29(34)27-14-13-26(17-28(27)30(32)35)37-24-6-4-5-21(16-24)31-20(3)33/h4-17H,1-3H3,(H,31,33). The lowest BCUT2D eigenvalue weighted by molar-refractivity contribution is -0.114. The van der Waals surface area contributed by atoms with Crippen LogP contribution in [0.25, 0.3) is 0 Å². The molecular formula is C30H24N2O5. The van der Waals surface area contributed by atoms with Crippen LogP contribution in [-0.2, 0) is 4.79 Å². The molecule has 184 valence electrons. The van der Waals surface area contributed by atoms with Gasteiger partial charge in [0.15, 0.2) is 0 Å². The van der Waals surface area contributed by atoms with Crippen LogP contribution in [0.5, 0.6) is 23.0 Å². The molecule has 0 aromatic heterocycles. The third-order valence-corrected chi connectivity index (χ3v) is 6.06. The largest absolute Gasteiger partial charge is 0.457 e. The van der Waals surface area contributed by atoms with E-state index in [1.165, 1.54) is 12.5 Å². The minimum Gasteiger partial charge on any atom is -0.457 e. The number of carbonyl (C=O) groups is 3. The van der Waals surface area contributed by atoms with E-state index in [0.29, 0.717) is 39.9 Å². The summed E-state index contributed by atoms with van der Waals surface area (Å²) in [5.41, 5.74) is 3.91. The molecule has 0 atom stereocenters. The normalized spacial score (nSPS) is 12.4. The molecular weight excluding hydrogens is 468 g/mol. The molecule has 0 aliphatic carbocycles. The summed E-state index contributed by atoms with van der Waals surface area (Å²) in [5, 5.41) is 2.70. The molecule has 0 bridgehead atoms. The van der Waals surface area contributed by atoms with E-state index in [2.05, 4.69) is 5.32 Å². The Morgan fingerprint density at radius 2 is 1.30 bits per heavy atom. The summed E-state index contributed by atoms with van der Waals surface area (Å²) < 4.78 is 11.8. The van der Waals surface area contributed by atoms with Gasteiger partial charge in [-0.1, -0.05) is 12.1 Å². The lowest BCUT2D eigenvalue weighted by Gasteiger charge is -2.15. The minimum absolute atomic E-state index is 0.191. The van der Waals surface area contributed by atoms with Crippen LogP contribution >= 0.6 is 0 Å². The van der Waals surface area contributed by atoms with Crippen LogP contribution in [0.2, 0.25) is 0 Å². The number of hydrogen-bond donors (Lipinski definition) is 1. The lowest BCUT2D eigenvalue weighted by atomic mass is 10.1. The van der Waals surface area contributed by atoms with Crippen molar-refractivity contribution in [3.63, 3.8) is 0 Å². The van der Waals surface area contributed by atoms with Gasteiger partial charge in [-0.25, -0.2) is 4.90 Å². The monoisotopic (exact) mass is 492 g/mol. The molecule has 3 amide bonds. The van der Waals surface area contributed by atoms with Crippen molar-refractivity contribution < 1.29 is 23.9 Å². The van der Waals surface area contributed by atoms with Crippen molar-refractivity contribution in [2.45, 2.75) is 20.8 Å². The van der Waals surface area contributed by atoms with Gasteiger partial charge in [0.2, 0.25) is 5.91 Å². The van der Waals surface area contributed by atoms with Crippen LogP contribution in [0.4, 0.5) is 11.4 Å². The lowest BCUT2D eigenvalue weighted by Crippen LogP contribution is -2.29. The molecule has 0 saturated carbocycles. The van der Waals surface area contributed by atoms with E-state index in [0.717, 1.165) is 10.5 Å². The van der Waals surface area contributed by atoms with Crippen LogP contribution in [0.3, 0.4) is 0 Å². The molecule has 0 unspecified atom stereocenters. The second-order valence-electron chi connectivity index (χ2n) is 8.81. The maximum Gasteiger partial charge on any atom is 0.266 e. The smallest absolute Gasteiger partial charge is 0.266 e. The molecule has 7 heteroatoms. The van der Waals surface area contributed by atoms with Crippen molar-refractivity contribution in [3.05, 3.63) is 107 Å². The Morgan fingerprint density at radius 1 is 0.676 bits per heavy atom. The van der Waals surface area contributed by atoms with Crippen molar-refractivity contribution in [2.75, 3.05) is 10.2 Å². The van der Waals surface area contributed by atoms with Crippen molar-refractivity contribution in [1.82, 2.24) is 0 Å². The second-order valence-corrected chi connectivity index (χ2v) is 8.81. The molecule has 1 heterocycles. The van der Waals surface area contributed by atoms with E-state index in [4.69, 9.17) is 9.47 Å². The zero-order chi connectivity index (χ0) is 26.1. The predicted molar refractivity (Wildman–Crippen MR) is 141 cm³/mol. The van der Waals surface area contributed by atoms with Crippen LogP contribution in [0.1, 0.15) is 38.8 Å². The minimum atomic E-state index is -0.430. The van der Waals surface area contributed by atoms with Crippen molar-refractivity contribution >= 4 is 29.1 Å². The fourth-order valence-corrected chi connectivity index (χ4v) is 4.07. The van der Waals surface area contributed by atoms with Gasteiger partial charge in [0.1, 0.15) is 23.0 Å². The average molecular weight is 493 g/mol. The van der Waals surface area contributed by atoms with E-state index in [1.807, 2.05) is 32.0 Å². The maximum absolute atomic E-state index is 13.2. The Balaban J connectivity index is 1.33. The van der Waals surface area contributed by atoms with E-state index >= 15 is 0 Å². The van der Waals surface area contributed by atoms with E-state index < -0.39 is 11.8 Å². The molecule has 0 spiro atoms. The number of nitrogens with zero attached hydrogens (tertiary/aromatic N) is 1. The summed E-state index contributed by atoms with van der Waals surface area (Å²) in [6, 6.07) is 24.4. The molecule has 7 nitrogen and oxygen atoms in total. The Morgan fingerprint density at radius 3 is 2.03 bits per heavy atom. The summed E-state index contributed by atoms with van der Waals surface area (Å²) >= 11 is 0. The van der Waals surface area contributed by atoms with Gasteiger partial charge in [0.25, 0.3) is 11.8 Å². The fraction of sp³-hybridized carbons (Fsp3) is 0.100. The number of hydrogen-bond acceptors (Lipinski definition) is 5. The number of aryl methyl sites for hydroxylation is 2. The van der Waals surface area contributed by atoms with Gasteiger partial charge in [-0.3, -0.25) is 14.4 Å². The molecule has 5 rings (SSSR count). The molecule has 1 aliphatic heterocycles. The number of amides is 3. The van der Waals surface area contributed by atoms with E-state index in [9.17, 15) is 14.4 Å². The highest BCUT2D eigenvalue weighted by molar-refractivity contribution is 6.34. The summed E-state index contributed by atoms with van der Waals surface area (Å²) in [6.07, 6.45) is 0. The van der Waals surface area contributed by atoms with E-state index in [-0.39, 0.29) is 11.5 Å². The van der Waals surface area contributed by atoms with Crippen LogP contribution in [-0.4, -0.2) is 17.7 Å². The number of rotatable bonds is 6. The number of fused-ring (bicyclic) bond motifs is 1. The van der Waals surface area contributed by atoms with Gasteiger partial charge in [0.05, 0.1) is 16.8 Å². The third-order valence-electron chi connectivity index (χ3n) is 6.06. The Kier molecular flexibility index (Phi) is 6.19. The van der Waals surface area contributed by atoms with Crippen molar-refractivity contribution in [3.8, 4) is 23.0 Å². The van der Waals surface area contributed by atoms with Gasteiger partial charge in [-0.05, 0) is 91.7 Å². The second kappa shape index (κ2) is 9.62. The maximum atomic E-state index is 13.2. The SMILES string of the molecule is CC(=O)Nc1cccc(Oc2ccc3c(c2)C(=O)N(c2ccc(Oc4ccc(C)c(C)c4)cc2)C3=O)c1. The van der Waals surface area contributed by atoms with Gasteiger partial charge in [0, 0.05) is 18.7 Å². The Bertz CT molecular complexity index is 1540. The molecule has 4 aromatic carbocycles. The molecule has 0 radical (unpaired) electrons. The zero-order valence-corrected chi connectivity index (χ0v) is 20.6. The van der Waals surface area contributed by atoms with Crippen molar-refractivity contribution in [2.24, 2.45) is 0 Å². The Labute approximate surface area is 214 Å². The quantitative estimate of drug-likeness (QED) is 0.305. The molecule has 37 heavy (non-hydrogen) atoms. The first kappa shape index (κ1) is 23.8. The number of benzene rings is 4. The molecule has 1 aliphatic rings. The highest BCUT2D eigenvalue weighted by Crippen LogP contribution is 2.34.